The van der Waals surface area contributed by atoms with Crippen LogP contribution in [0.1, 0.15) is 17.2 Å². The minimum atomic E-state index is -0.820. The molecule has 150 valence electrons. The number of halogens is 1. The second-order valence-electron chi connectivity index (χ2n) is 6.64. The average molecular weight is 465 g/mol. The molecule has 1 aliphatic heterocycles. The monoisotopic (exact) mass is 464 g/mol. The molecule has 1 amide bonds. The van der Waals surface area contributed by atoms with Crippen LogP contribution < -0.4 is 9.64 Å². The van der Waals surface area contributed by atoms with Crippen molar-refractivity contribution in [2.45, 2.75) is 6.04 Å². The molecule has 0 bridgehead atoms. The fraction of sp³-hybridized carbons (Fsp3) is 0.0870. The Bertz CT molecular complexity index is 1140. The number of amides is 1. The maximum Gasteiger partial charge on any atom is 0.301 e. The van der Waals surface area contributed by atoms with Crippen molar-refractivity contribution in [3.8, 4) is 5.75 Å². The molecule has 6 nitrogen and oxygen atoms in total. The molecule has 1 fully saturated rings. The van der Waals surface area contributed by atoms with Gasteiger partial charge in [-0.2, -0.15) is 0 Å². The summed E-state index contributed by atoms with van der Waals surface area (Å²) in [5, 5.41) is 11.1. The Balaban J connectivity index is 1.94. The van der Waals surface area contributed by atoms with Crippen molar-refractivity contribution < 1.29 is 19.4 Å². The SMILES string of the molecule is COc1cccc(/C(O)=C2\C(=O)C(=O)N(c3ccccn3)C2c2ccc(Br)cc2)c1. The molecule has 1 unspecified atom stereocenters. The number of carbonyl (C=O) groups is 2. The van der Waals surface area contributed by atoms with Gasteiger partial charge in [0, 0.05) is 16.2 Å². The summed E-state index contributed by atoms with van der Waals surface area (Å²) >= 11 is 3.40. The van der Waals surface area contributed by atoms with E-state index in [1.807, 2.05) is 12.1 Å². The van der Waals surface area contributed by atoms with Crippen LogP contribution in [-0.2, 0) is 9.59 Å². The van der Waals surface area contributed by atoms with Crippen LogP contribution >= 0.6 is 15.9 Å². The predicted octanol–water partition coefficient (Wildman–Crippen LogP) is 4.48. The van der Waals surface area contributed by atoms with E-state index in [1.165, 1.54) is 12.0 Å². The molecule has 1 saturated heterocycles. The first kappa shape index (κ1) is 19.8. The highest BCUT2D eigenvalue weighted by atomic mass is 79.9. The summed E-state index contributed by atoms with van der Waals surface area (Å²) in [6.45, 7) is 0. The molecule has 3 aromatic rings. The summed E-state index contributed by atoms with van der Waals surface area (Å²) in [5.41, 5.74) is 1.06. The molecule has 0 aliphatic carbocycles. The summed E-state index contributed by atoms with van der Waals surface area (Å²) in [4.78, 5) is 31.6. The van der Waals surface area contributed by atoms with Gasteiger partial charge < -0.3 is 9.84 Å². The lowest BCUT2D eigenvalue weighted by molar-refractivity contribution is -0.132. The van der Waals surface area contributed by atoms with E-state index in [1.54, 1.807) is 60.8 Å². The van der Waals surface area contributed by atoms with Gasteiger partial charge in [-0.3, -0.25) is 14.5 Å². The Kier molecular flexibility index (Phi) is 5.37. The Morgan fingerprint density at radius 1 is 1.07 bits per heavy atom. The highest BCUT2D eigenvalue weighted by Crippen LogP contribution is 2.41. The molecule has 2 heterocycles. The van der Waals surface area contributed by atoms with Crippen molar-refractivity contribution in [3.05, 3.63) is 94.1 Å². The quantitative estimate of drug-likeness (QED) is 0.349. The van der Waals surface area contributed by atoms with Crippen molar-refractivity contribution in [1.29, 1.82) is 0 Å². The van der Waals surface area contributed by atoms with Gasteiger partial charge in [-0.25, -0.2) is 4.98 Å². The number of pyridine rings is 1. The number of methoxy groups -OCH3 is 1. The van der Waals surface area contributed by atoms with E-state index in [2.05, 4.69) is 20.9 Å². The minimum absolute atomic E-state index is 0.00114. The number of anilines is 1. The van der Waals surface area contributed by atoms with Crippen molar-refractivity contribution in [2.24, 2.45) is 0 Å². The molecule has 30 heavy (non-hydrogen) atoms. The maximum absolute atomic E-state index is 13.0. The molecule has 2 aromatic carbocycles. The molecule has 7 heteroatoms. The number of hydrogen-bond donors (Lipinski definition) is 1. The van der Waals surface area contributed by atoms with Crippen molar-refractivity contribution >= 4 is 39.2 Å². The van der Waals surface area contributed by atoms with Gasteiger partial charge in [0.15, 0.2) is 0 Å². The number of Topliss-reactive ketones (excluding diaryl/α,β-unsaturated/α-hetero) is 1. The highest BCUT2D eigenvalue weighted by Gasteiger charge is 2.47. The summed E-state index contributed by atoms with van der Waals surface area (Å²) < 4.78 is 6.07. The zero-order valence-corrected chi connectivity index (χ0v) is 17.5. The molecule has 0 spiro atoms. The highest BCUT2D eigenvalue weighted by molar-refractivity contribution is 9.10. The van der Waals surface area contributed by atoms with Gasteiger partial charge in [-0.15, -0.1) is 0 Å². The van der Waals surface area contributed by atoms with Crippen LogP contribution in [0.3, 0.4) is 0 Å². The smallest absolute Gasteiger partial charge is 0.301 e. The van der Waals surface area contributed by atoms with Crippen LogP contribution in [-0.4, -0.2) is 28.9 Å². The van der Waals surface area contributed by atoms with E-state index >= 15 is 0 Å². The molecular formula is C23H17BrN2O4. The summed E-state index contributed by atoms with van der Waals surface area (Å²) in [7, 11) is 1.51. The van der Waals surface area contributed by atoms with Crippen LogP contribution in [0.2, 0.25) is 0 Å². The normalized spacial score (nSPS) is 17.9. The fourth-order valence-electron chi connectivity index (χ4n) is 3.45. The third-order valence-electron chi connectivity index (χ3n) is 4.87. The van der Waals surface area contributed by atoms with Crippen LogP contribution in [0.5, 0.6) is 5.75 Å². The van der Waals surface area contributed by atoms with E-state index in [9.17, 15) is 14.7 Å². The van der Waals surface area contributed by atoms with Gasteiger partial charge in [0.2, 0.25) is 0 Å². The van der Waals surface area contributed by atoms with E-state index in [4.69, 9.17) is 4.74 Å². The number of aliphatic hydroxyl groups excluding tert-OH is 1. The number of nitrogens with zero attached hydrogens (tertiary/aromatic N) is 2. The first-order chi connectivity index (χ1) is 14.5. The molecule has 1 aromatic heterocycles. The lowest BCUT2D eigenvalue weighted by Crippen LogP contribution is -2.30. The number of hydrogen-bond acceptors (Lipinski definition) is 5. The van der Waals surface area contributed by atoms with Crippen LogP contribution in [0.15, 0.2) is 83.0 Å². The van der Waals surface area contributed by atoms with Crippen molar-refractivity contribution in [3.63, 3.8) is 0 Å². The van der Waals surface area contributed by atoms with Crippen molar-refractivity contribution in [1.82, 2.24) is 4.98 Å². The standard InChI is InChI=1S/C23H17BrN2O4/c1-30-17-6-4-5-15(13-17)21(27)19-20(14-8-10-16(24)11-9-14)26(23(29)22(19)28)18-7-2-3-12-25-18/h2-13,20,27H,1H3/b21-19+. The summed E-state index contributed by atoms with van der Waals surface area (Å²) in [5.74, 6) is -0.922. The number of ketones is 1. The second kappa shape index (κ2) is 8.12. The number of benzene rings is 2. The summed E-state index contributed by atoms with van der Waals surface area (Å²) in [6, 6.07) is 18.2. The zero-order valence-electron chi connectivity index (χ0n) is 15.9. The first-order valence-electron chi connectivity index (χ1n) is 9.13. The van der Waals surface area contributed by atoms with E-state index in [-0.39, 0.29) is 11.3 Å². The number of aliphatic hydroxyl groups is 1. The van der Waals surface area contributed by atoms with Crippen molar-refractivity contribution in [2.75, 3.05) is 12.0 Å². The summed E-state index contributed by atoms with van der Waals surface area (Å²) in [6.07, 6.45) is 1.55. The molecule has 0 saturated carbocycles. The Hall–Kier alpha value is -3.45. The van der Waals surface area contributed by atoms with Gasteiger partial charge in [0.05, 0.1) is 18.7 Å². The largest absolute Gasteiger partial charge is 0.507 e. The number of rotatable bonds is 4. The number of aromatic nitrogens is 1. The molecular weight excluding hydrogens is 448 g/mol. The average Bonchev–Trinajstić information content (AvgIpc) is 3.05. The lowest BCUT2D eigenvalue weighted by Gasteiger charge is -2.24. The molecule has 4 rings (SSSR count). The molecule has 0 radical (unpaired) electrons. The third-order valence-corrected chi connectivity index (χ3v) is 5.40. The Morgan fingerprint density at radius 2 is 1.83 bits per heavy atom. The maximum atomic E-state index is 13.0. The van der Waals surface area contributed by atoms with E-state index in [0.717, 1.165) is 4.47 Å². The van der Waals surface area contributed by atoms with Gasteiger partial charge in [0.25, 0.3) is 5.78 Å². The third kappa shape index (κ3) is 3.48. The van der Waals surface area contributed by atoms with E-state index in [0.29, 0.717) is 22.7 Å². The lowest BCUT2D eigenvalue weighted by atomic mass is 9.95. The van der Waals surface area contributed by atoms with E-state index < -0.39 is 17.7 Å². The van der Waals surface area contributed by atoms with Gasteiger partial charge in [0.1, 0.15) is 17.3 Å². The van der Waals surface area contributed by atoms with Gasteiger partial charge in [-0.1, -0.05) is 46.3 Å². The van der Waals surface area contributed by atoms with Crippen LogP contribution in [0.4, 0.5) is 5.82 Å². The van der Waals surface area contributed by atoms with Gasteiger partial charge in [-0.05, 0) is 42.0 Å². The van der Waals surface area contributed by atoms with Crippen LogP contribution in [0.25, 0.3) is 5.76 Å². The van der Waals surface area contributed by atoms with Gasteiger partial charge >= 0.3 is 5.91 Å². The second-order valence-corrected chi connectivity index (χ2v) is 7.56. The predicted molar refractivity (Wildman–Crippen MR) is 116 cm³/mol. The zero-order chi connectivity index (χ0) is 21.3. The molecule has 1 aliphatic rings. The molecule has 1 N–H and O–H groups in total. The van der Waals surface area contributed by atoms with Crippen LogP contribution in [0, 0.1) is 0 Å². The first-order valence-corrected chi connectivity index (χ1v) is 9.92. The Morgan fingerprint density at radius 3 is 2.50 bits per heavy atom. The fourth-order valence-corrected chi connectivity index (χ4v) is 3.72. The molecule has 1 atom stereocenters. The topological polar surface area (TPSA) is 79.7 Å². The Labute approximate surface area is 181 Å². The number of ether oxygens (including phenoxy) is 1. The minimum Gasteiger partial charge on any atom is -0.507 e. The number of carbonyl (C=O) groups excluding carboxylic acids is 2.